The van der Waals surface area contributed by atoms with E-state index in [-0.39, 0.29) is 31.0 Å². The monoisotopic (exact) mass is 356 g/mol. The Hall–Kier alpha value is -1.40. The standard InChI is InChI=1S/C15H21BrN2O3/c1-4-21-15(20)10-18(3)9-14(19)17-11(2)12-5-7-13(16)8-6-12/h5-8,11H,4,9-10H2,1-3H3,(H,17,19). The van der Waals surface area contributed by atoms with Gasteiger partial charge in [0.2, 0.25) is 5.91 Å². The summed E-state index contributed by atoms with van der Waals surface area (Å²) < 4.78 is 5.84. The molecule has 0 aliphatic carbocycles. The first-order valence-electron chi connectivity index (χ1n) is 6.81. The van der Waals surface area contributed by atoms with Crippen molar-refractivity contribution in [3.8, 4) is 0 Å². The first-order valence-corrected chi connectivity index (χ1v) is 7.60. The summed E-state index contributed by atoms with van der Waals surface area (Å²) in [7, 11) is 1.71. The van der Waals surface area contributed by atoms with E-state index < -0.39 is 0 Å². The molecule has 0 aliphatic heterocycles. The van der Waals surface area contributed by atoms with Crippen LogP contribution in [0.25, 0.3) is 0 Å². The Morgan fingerprint density at radius 2 is 1.90 bits per heavy atom. The number of benzene rings is 1. The normalized spacial score (nSPS) is 12.0. The van der Waals surface area contributed by atoms with Crippen molar-refractivity contribution in [2.45, 2.75) is 19.9 Å². The average molecular weight is 357 g/mol. The summed E-state index contributed by atoms with van der Waals surface area (Å²) in [6.45, 7) is 4.28. The number of carbonyl (C=O) groups excluding carboxylic acids is 2. The van der Waals surface area contributed by atoms with Gasteiger partial charge in [-0.25, -0.2) is 0 Å². The van der Waals surface area contributed by atoms with Crippen LogP contribution in [0.15, 0.2) is 28.7 Å². The van der Waals surface area contributed by atoms with Gasteiger partial charge < -0.3 is 10.1 Å². The predicted molar refractivity (Wildman–Crippen MR) is 84.8 cm³/mol. The van der Waals surface area contributed by atoms with Crippen LogP contribution >= 0.6 is 15.9 Å². The van der Waals surface area contributed by atoms with Crippen molar-refractivity contribution in [1.82, 2.24) is 10.2 Å². The van der Waals surface area contributed by atoms with Crippen LogP contribution in [-0.2, 0) is 14.3 Å². The molecule has 0 bridgehead atoms. The van der Waals surface area contributed by atoms with Crippen molar-refractivity contribution >= 4 is 27.8 Å². The molecule has 1 rings (SSSR count). The van der Waals surface area contributed by atoms with E-state index in [4.69, 9.17) is 4.74 Å². The van der Waals surface area contributed by atoms with Crippen molar-refractivity contribution in [3.63, 3.8) is 0 Å². The van der Waals surface area contributed by atoms with Gasteiger partial charge in [0.1, 0.15) is 0 Å². The van der Waals surface area contributed by atoms with Crippen LogP contribution in [0.4, 0.5) is 0 Å². The average Bonchev–Trinajstić information content (AvgIpc) is 2.38. The zero-order chi connectivity index (χ0) is 15.8. The van der Waals surface area contributed by atoms with Gasteiger partial charge in [0.15, 0.2) is 0 Å². The minimum atomic E-state index is -0.325. The molecule has 1 amide bonds. The molecule has 0 aliphatic rings. The number of nitrogens with one attached hydrogen (secondary N) is 1. The Kier molecular flexibility index (Phi) is 7.39. The number of nitrogens with zero attached hydrogens (tertiary/aromatic N) is 1. The molecular weight excluding hydrogens is 336 g/mol. The van der Waals surface area contributed by atoms with E-state index in [1.165, 1.54) is 0 Å². The van der Waals surface area contributed by atoms with Gasteiger partial charge >= 0.3 is 5.97 Å². The molecule has 0 radical (unpaired) electrons. The highest BCUT2D eigenvalue weighted by atomic mass is 79.9. The number of esters is 1. The van der Waals surface area contributed by atoms with Crippen LogP contribution in [-0.4, -0.2) is 43.5 Å². The maximum Gasteiger partial charge on any atom is 0.320 e. The zero-order valence-corrected chi connectivity index (χ0v) is 14.1. The van der Waals surface area contributed by atoms with E-state index in [2.05, 4.69) is 21.2 Å². The smallest absolute Gasteiger partial charge is 0.320 e. The molecule has 0 saturated heterocycles. The molecule has 1 aromatic rings. The van der Waals surface area contributed by atoms with Gasteiger partial charge in [0.05, 0.1) is 25.7 Å². The quantitative estimate of drug-likeness (QED) is 0.760. The largest absolute Gasteiger partial charge is 0.465 e. The van der Waals surface area contributed by atoms with Gasteiger partial charge in [-0.15, -0.1) is 0 Å². The summed E-state index contributed by atoms with van der Waals surface area (Å²) in [6.07, 6.45) is 0. The number of likely N-dealkylation sites (N-methyl/N-ethyl adjacent to an activating group) is 1. The summed E-state index contributed by atoms with van der Waals surface area (Å²) in [5.74, 6) is -0.453. The lowest BCUT2D eigenvalue weighted by molar-refractivity contribution is -0.144. The number of ether oxygens (including phenoxy) is 1. The van der Waals surface area contributed by atoms with Crippen LogP contribution < -0.4 is 5.32 Å². The molecule has 0 fully saturated rings. The van der Waals surface area contributed by atoms with Gasteiger partial charge in [0, 0.05) is 4.47 Å². The minimum absolute atomic E-state index is 0.0819. The minimum Gasteiger partial charge on any atom is -0.465 e. The molecule has 116 valence electrons. The van der Waals surface area contributed by atoms with Crippen LogP contribution in [0.1, 0.15) is 25.5 Å². The lowest BCUT2D eigenvalue weighted by atomic mass is 10.1. The van der Waals surface area contributed by atoms with E-state index >= 15 is 0 Å². The highest BCUT2D eigenvalue weighted by molar-refractivity contribution is 9.10. The van der Waals surface area contributed by atoms with Crippen molar-refractivity contribution in [1.29, 1.82) is 0 Å². The van der Waals surface area contributed by atoms with Gasteiger partial charge in [-0.1, -0.05) is 28.1 Å². The molecule has 21 heavy (non-hydrogen) atoms. The Balaban J connectivity index is 2.42. The fraction of sp³-hybridized carbons (Fsp3) is 0.467. The van der Waals surface area contributed by atoms with Gasteiger partial charge in [-0.05, 0) is 38.6 Å². The molecular formula is C15H21BrN2O3. The summed E-state index contributed by atoms with van der Waals surface area (Å²) in [4.78, 5) is 24.9. The van der Waals surface area contributed by atoms with Gasteiger partial charge in [0.25, 0.3) is 0 Å². The molecule has 1 atom stereocenters. The second kappa shape index (κ2) is 8.79. The number of carbonyl (C=O) groups is 2. The SMILES string of the molecule is CCOC(=O)CN(C)CC(=O)NC(C)c1ccc(Br)cc1. The fourth-order valence-corrected chi connectivity index (χ4v) is 2.11. The molecule has 0 spiro atoms. The summed E-state index contributed by atoms with van der Waals surface area (Å²) in [5.41, 5.74) is 1.03. The summed E-state index contributed by atoms with van der Waals surface area (Å²) >= 11 is 3.38. The Bertz CT molecular complexity index is 476. The number of hydrogen-bond acceptors (Lipinski definition) is 4. The van der Waals surface area contributed by atoms with E-state index in [0.29, 0.717) is 6.61 Å². The Morgan fingerprint density at radius 1 is 1.29 bits per heavy atom. The number of halogens is 1. The predicted octanol–water partition coefficient (Wildman–Crippen LogP) is 2.12. The van der Waals surface area contributed by atoms with Gasteiger partial charge in [-0.2, -0.15) is 0 Å². The lowest BCUT2D eigenvalue weighted by Crippen LogP contribution is -2.38. The highest BCUT2D eigenvalue weighted by Gasteiger charge is 2.14. The van der Waals surface area contributed by atoms with E-state index in [0.717, 1.165) is 10.0 Å². The van der Waals surface area contributed by atoms with Crippen LogP contribution in [0.3, 0.4) is 0 Å². The van der Waals surface area contributed by atoms with Crippen LogP contribution in [0.5, 0.6) is 0 Å². The van der Waals surface area contributed by atoms with Crippen molar-refractivity contribution in [2.75, 3.05) is 26.7 Å². The fourth-order valence-electron chi connectivity index (χ4n) is 1.85. The van der Waals surface area contributed by atoms with Crippen molar-refractivity contribution in [3.05, 3.63) is 34.3 Å². The maximum atomic E-state index is 11.9. The first kappa shape index (κ1) is 17.7. The summed E-state index contributed by atoms with van der Waals surface area (Å²) in [6, 6.07) is 7.70. The number of rotatable bonds is 7. The van der Waals surface area contributed by atoms with Crippen molar-refractivity contribution in [2.24, 2.45) is 0 Å². The first-order chi connectivity index (χ1) is 9.92. The van der Waals surface area contributed by atoms with E-state index in [9.17, 15) is 9.59 Å². The van der Waals surface area contributed by atoms with Crippen LogP contribution in [0.2, 0.25) is 0 Å². The molecule has 0 saturated carbocycles. The third-order valence-electron chi connectivity index (χ3n) is 2.87. The van der Waals surface area contributed by atoms with Gasteiger partial charge in [-0.3, -0.25) is 14.5 Å². The summed E-state index contributed by atoms with van der Waals surface area (Å²) in [5, 5.41) is 2.90. The molecule has 5 nitrogen and oxygen atoms in total. The van der Waals surface area contributed by atoms with E-state index in [1.807, 2.05) is 31.2 Å². The Labute approximate surface area is 133 Å². The zero-order valence-electron chi connectivity index (χ0n) is 12.6. The Morgan fingerprint density at radius 3 is 2.48 bits per heavy atom. The molecule has 0 aromatic heterocycles. The number of amides is 1. The maximum absolute atomic E-state index is 11.9. The van der Waals surface area contributed by atoms with Crippen molar-refractivity contribution < 1.29 is 14.3 Å². The highest BCUT2D eigenvalue weighted by Crippen LogP contribution is 2.16. The molecule has 1 unspecified atom stereocenters. The van der Waals surface area contributed by atoms with E-state index in [1.54, 1.807) is 18.9 Å². The third-order valence-corrected chi connectivity index (χ3v) is 3.39. The second-order valence-corrected chi connectivity index (χ2v) is 5.73. The molecule has 1 aromatic carbocycles. The third kappa shape index (κ3) is 6.73. The lowest BCUT2D eigenvalue weighted by Gasteiger charge is -2.18. The number of hydrogen-bond donors (Lipinski definition) is 1. The molecule has 1 N–H and O–H groups in total. The second-order valence-electron chi connectivity index (χ2n) is 4.82. The van der Waals surface area contributed by atoms with Crippen LogP contribution in [0, 0.1) is 0 Å². The topological polar surface area (TPSA) is 58.6 Å². The molecule has 6 heteroatoms. The molecule has 0 heterocycles.